The summed E-state index contributed by atoms with van der Waals surface area (Å²) in [6.07, 6.45) is 1.08. The maximum absolute atomic E-state index is 12.0. The minimum Gasteiger partial charge on any atom is -0.355 e. The van der Waals surface area contributed by atoms with E-state index in [2.05, 4.69) is 39.6 Å². The lowest BCUT2D eigenvalue weighted by Crippen LogP contribution is -2.25. The average molecular weight is 277 g/mol. The molecule has 1 aliphatic carbocycles. The number of hydrogen-bond acceptors (Lipinski definition) is 3. The van der Waals surface area contributed by atoms with Crippen LogP contribution >= 0.6 is 0 Å². The van der Waals surface area contributed by atoms with Crippen molar-refractivity contribution >= 4 is 16.9 Å². The average Bonchev–Trinajstić information content (AvgIpc) is 2.48. The summed E-state index contributed by atoms with van der Waals surface area (Å²) in [4.78, 5) is 19.2. The number of fused-ring (bicyclic) bond motifs is 2. The summed E-state index contributed by atoms with van der Waals surface area (Å²) in [6.45, 7) is 0.790. The fourth-order valence-corrected chi connectivity index (χ4v) is 2.93. The molecule has 0 fully saturated rings. The molecule has 0 radical (unpaired) electrons. The number of para-hydroxylation sites is 1. The second-order valence-corrected chi connectivity index (χ2v) is 5.41. The van der Waals surface area contributed by atoms with Crippen LogP contribution in [0.4, 0.5) is 5.95 Å². The molecule has 4 nitrogen and oxygen atoms in total. The van der Waals surface area contributed by atoms with Crippen molar-refractivity contribution in [2.24, 2.45) is 0 Å². The van der Waals surface area contributed by atoms with Gasteiger partial charge >= 0.3 is 0 Å². The molecule has 4 rings (SSSR count). The van der Waals surface area contributed by atoms with Gasteiger partial charge < -0.3 is 5.32 Å². The van der Waals surface area contributed by atoms with Crippen molar-refractivity contribution in [3.63, 3.8) is 0 Å². The first kappa shape index (κ1) is 12.1. The SMILES string of the molecule is O=c1[nH]c(NCC2Cc3ccccc32)nc2ccccc12. The van der Waals surface area contributed by atoms with E-state index in [9.17, 15) is 4.79 Å². The Kier molecular flexibility index (Phi) is 2.74. The molecular weight excluding hydrogens is 262 g/mol. The molecule has 2 N–H and O–H groups in total. The van der Waals surface area contributed by atoms with E-state index in [0.29, 0.717) is 17.3 Å². The van der Waals surface area contributed by atoms with Gasteiger partial charge in [-0.2, -0.15) is 0 Å². The first-order valence-corrected chi connectivity index (χ1v) is 7.12. The molecule has 0 aliphatic heterocycles. The summed E-state index contributed by atoms with van der Waals surface area (Å²) in [6, 6.07) is 15.9. The Morgan fingerprint density at radius 1 is 1.14 bits per heavy atom. The summed E-state index contributed by atoms with van der Waals surface area (Å²) >= 11 is 0. The smallest absolute Gasteiger partial charge is 0.260 e. The molecular formula is C17H15N3O. The van der Waals surface area contributed by atoms with Crippen molar-refractivity contribution < 1.29 is 0 Å². The number of nitrogens with zero attached hydrogens (tertiary/aromatic N) is 1. The topological polar surface area (TPSA) is 57.8 Å². The Hall–Kier alpha value is -2.62. The van der Waals surface area contributed by atoms with Crippen molar-refractivity contribution in [2.45, 2.75) is 12.3 Å². The summed E-state index contributed by atoms with van der Waals surface area (Å²) in [5.74, 6) is 1.04. The lowest BCUT2D eigenvalue weighted by Gasteiger charge is -2.30. The van der Waals surface area contributed by atoms with E-state index in [1.807, 2.05) is 18.2 Å². The molecule has 0 amide bonds. The van der Waals surface area contributed by atoms with E-state index < -0.39 is 0 Å². The molecule has 1 heterocycles. The molecule has 2 aromatic carbocycles. The van der Waals surface area contributed by atoms with Crippen molar-refractivity contribution in [1.82, 2.24) is 9.97 Å². The van der Waals surface area contributed by atoms with Crippen LogP contribution in [0.2, 0.25) is 0 Å². The van der Waals surface area contributed by atoms with Crippen LogP contribution in [-0.4, -0.2) is 16.5 Å². The van der Waals surface area contributed by atoms with Crippen LogP contribution in [-0.2, 0) is 6.42 Å². The van der Waals surface area contributed by atoms with E-state index in [0.717, 1.165) is 18.5 Å². The highest BCUT2D eigenvalue weighted by molar-refractivity contribution is 5.78. The Labute approximate surface area is 121 Å². The number of benzene rings is 2. The van der Waals surface area contributed by atoms with Crippen LogP contribution in [0.5, 0.6) is 0 Å². The number of H-pyrrole nitrogens is 1. The molecule has 0 saturated heterocycles. The molecule has 4 heteroatoms. The van der Waals surface area contributed by atoms with Gasteiger partial charge in [-0.05, 0) is 29.7 Å². The van der Waals surface area contributed by atoms with Crippen LogP contribution in [0, 0.1) is 0 Å². The fraction of sp³-hybridized carbons (Fsp3) is 0.176. The van der Waals surface area contributed by atoms with Gasteiger partial charge in [-0.15, -0.1) is 0 Å². The third-order valence-corrected chi connectivity index (χ3v) is 4.09. The summed E-state index contributed by atoms with van der Waals surface area (Å²) in [7, 11) is 0. The lowest BCUT2D eigenvalue weighted by atomic mass is 9.78. The second-order valence-electron chi connectivity index (χ2n) is 5.41. The molecule has 1 aromatic heterocycles. The molecule has 0 spiro atoms. The van der Waals surface area contributed by atoms with Gasteiger partial charge in [0.15, 0.2) is 0 Å². The van der Waals surface area contributed by atoms with Crippen LogP contribution in [0.25, 0.3) is 10.9 Å². The van der Waals surface area contributed by atoms with Gasteiger partial charge in [-0.1, -0.05) is 36.4 Å². The highest BCUT2D eigenvalue weighted by Gasteiger charge is 2.25. The first-order valence-electron chi connectivity index (χ1n) is 7.12. The Morgan fingerprint density at radius 3 is 2.86 bits per heavy atom. The maximum atomic E-state index is 12.0. The normalized spacial score (nSPS) is 16.3. The Bertz CT molecular complexity index is 869. The van der Waals surface area contributed by atoms with Crippen molar-refractivity contribution in [1.29, 1.82) is 0 Å². The molecule has 0 saturated carbocycles. The summed E-state index contributed by atoms with van der Waals surface area (Å²) < 4.78 is 0. The third kappa shape index (κ3) is 2.09. The third-order valence-electron chi connectivity index (χ3n) is 4.09. The number of aromatic amines is 1. The predicted molar refractivity (Wildman–Crippen MR) is 83.7 cm³/mol. The van der Waals surface area contributed by atoms with Gasteiger partial charge in [-0.25, -0.2) is 4.98 Å². The quantitative estimate of drug-likeness (QED) is 0.774. The van der Waals surface area contributed by atoms with Crippen LogP contribution < -0.4 is 10.9 Å². The standard InChI is InChI=1S/C17H15N3O/c21-16-14-7-3-4-8-15(14)19-17(20-16)18-10-12-9-11-5-1-2-6-13(11)12/h1-8,12H,9-10H2,(H2,18,19,20,21). The fourth-order valence-electron chi connectivity index (χ4n) is 2.93. The highest BCUT2D eigenvalue weighted by atomic mass is 16.1. The number of rotatable bonds is 3. The van der Waals surface area contributed by atoms with E-state index in [1.54, 1.807) is 6.07 Å². The zero-order valence-electron chi connectivity index (χ0n) is 11.5. The van der Waals surface area contributed by atoms with Gasteiger partial charge in [0, 0.05) is 12.5 Å². The van der Waals surface area contributed by atoms with Crippen LogP contribution in [0.3, 0.4) is 0 Å². The minimum atomic E-state index is -0.0999. The van der Waals surface area contributed by atoms with E-state index in [-0.39, 0.29) is 5.56 Å². The van der Waals surface area contributed by atoms with Gasteiger partial charge in [0.05, 0.1) is 10.9 Å². The molecule has 104 valence electrons. The van der Waals surface area contributed by atoms with Gasteiger partial charge in [0.2, 0.25) is 5.95 Å². The number of anilines is 1. The Balaban J connectivity index is 1.55. The Morgan fingerprint density at radius 2 is 1.95 bits per heavy atom. The zero-order valence-corrected chi connectivity index (χ0v) is 11.5. The van der Waals surface area contributed by atoms with Crippen molar-refractivity contribution in [2.75, 3.05) is 11.9 Å². The number of hydrogen-bond donors (Lipinski definition) is 2. The molecule has 3 aromatic rings. The molecule has 1 atom stereocenters. The second kappa shape index (κ2) is 4.74. The van der Waals surface area contributed by atoms with Crippen molar-refractivity contribution in [3.8, 4) is 0 Å². The highest BCUT2D eigenvalue weighted by Crippen LogP contribution is 2.34. The molecule has 0 bridgehead atoms. The maximum Gasteiger partial charge on any atom is 0.260 e. The van der Waals surface area contributed by atoms with E-state index in [1.165, 1.54) is 11.1 Å². The number of aromatic nitrogens is 2. The lowest BCUT2D eigenvalue weighted by molar-refractivity contribution is 0.633. The largest absolute Gasteiger partial charge is 0.355 e. The number of nitrogens with one attached hydrogen (secondary N) is 2. The van der Waals surface area contributed by atoms with Gasteiger partial charge in [-0.3, -0.25) is 9.78 Å². The summed E-state index contributed by atoms with van der Waals surface area (Å²) in [5, 5.41) is 3.88. The molecule has 1 aliphatic rings. The minimum absolute atomic E-state index is 0.0999. The zero-order chi connectivity index (χ0) is 14.2. The van der Waals surface area contributed by atoms with Gasteiger partial charge in [0.1, 0.15) is 0 Å². The van der Waals surface area contributed by atoms with E-state index >= 15 is 0 Å². The van der Waals surface area contributed by atoms with Crippen molar-refractivity contribution in [3.05, 3.63) is 70.0 Å². The monoisotopic (exact) mass is 277 g/mol. The van der Waals surface area contributed by atoms with Crippen LogP contribution in [0.1, 0.15) is 17.0 Å². The molecule has 1 unspecified atom stereocenters. The van der Waals surface area contributed by atoms with Gasteiger partial charge in [0.25, 0.3) is 5.56 Å². The van der Waals surface area contributed by atoms with Crippen LogP contribution in [0.15, 0.2) is 53.3 Å². The van der Waals surface area contributed by atoms with E-state index in [4.69, 9.17) is 0 Å². The predicted octanol–water partition coefficient (Wildman–Crippen LogP) is 2.67. The molecule has 21 heavy (non-hydrogen) atoms. The summed E-state index contributed by atoms with van der Waals surface area (Å²) in [5.41, 5.74) is 3.44. The first-order chi connectivity index (χ1) is 10.3.